The maximum Gasteiger partial charge on any atom is 0.309 e. The fourth-order valence-corrected chi connectivity index (χ4v) is 9.91. The monoisotopic (exact) mass is 489 g/mol. The molecule has 0 aromatic heterocycles. The van der Waals surface area contributed by atoms with Crippen molar-refractivity contribution in [1.29, 1.82) is 0 Å². The molecule has 1 aromatic carbocycles. The molecule has 2 amide bonds. The van der Waals surface area contributed by atoms with Crippen LogP contribution in [0.15, 0.2) is 35.9 Å². The van der Waals surface area contributed by atoms with Gasteiger partial charge in [0, 0.05) is 5.41 Å². The van der Waals surface area contributed by atoms with Gasteiger partial charge in [-0.1, -0.05) is 56.5 Å². The Labute approximate surface area is 214 Å². The minimum atomic E-state index is -0.723. The number of carbonyl (C=O) groups is 3. The number of carboxylic acid groups (broad SMARTS) is 1. The Morgan fingerprint density at radius 2 is 1.72 bits per heavy atom. The summed E-state index contributed by atoms with van der Waals surface area (Å²) in [6, 6.07) is 7.72. The summed E-state index contributed by atoms with van der Waals surface area (Å²) in [5, 5.41) is 10.3. The van der Waals surface area contributed by atoms with Crippen molar-refractivity contribution >= 4 is 23.5 Å². The van der Waals surface area contributed by atoms with Gasteiger partial charge in [-0.2, -0.15) is 0 Å². The molecule has 1 N–H and O–H groups in total. The third kappa shape index (κ3) is 2.80. The molecule has 5 heteroatoms. The van der Waals surface area contributed by atoms with Crippen molar-refractivity contribution in [1.82, 2.24) is 0 Å². The highest BCUT2D eigenvalue weighted by molar-refractivity contribution is 6.23. The number of fused-ring (bicyclic) bond motifs is 1. The van der Waals surface area contributed by atoms with Gasteiger partial charge in [-0.3, -0.25) is 19.3 Å². The largest absolute Gasteiger partial charge is 0.481 e. The third-order valence-corrected chi connectivity index (χ3v) is 11.5. The molecule has 2 bridgehead atoms. The molecule has 5 aliphatic carbocycles. The molecule has 192 valence electrons. The summed E-state index contributed by atoms with van der Waals surface area (Å²) >= 11 is 0. The van der Waals surface area contributed by atoms with Crippen LogP contribution in [0.1, 0.15) is 71.8 Å². The van der Waals surface area contributed by atoms with Crippen LogP contribution in [0.5, 0.6) is 0 Å². The van der Waals surface area contributed by atoms with Gasteiger partial charge in [-0.05, 0) is 87.2 Å². The van der Waals surface area contributed by atoms with Crippen LogP contribution < -0.4 is 4.90 Å². The summed E-state index contributed by atoms with van der Waals surface area (Å²) in [6.07, 6.45) is 7.58. The van der Waals surface area contributed by atoms with Crippen molar-refractivity contribution in [3.63, 3.8) is 0 Å². The molecule has 36 heavy (non-hydrogen) atoms. The first-order chi connectivity index (χ1) is 17.0. The van der Waals surface area contributed by atoms with E-state index in [2.05, 4.69) is 26.8 Å². The quantitative estimate of drug-likeness (QED) is 0.417. The molecule has 6 aliphatic rings. The van der Waals surface area contributed by atoms with Crippen molar-refractivity contribution in [3.05, 3.63) is 41.5 Å². The first kappa shape index (κ1) is 23.9. The molecule has 1 saturated heterocycles. The van der Waals surface area contributed by atoms with E-state index >= 15 is 0 Å². The normalized spacial score (nSPS) is 43.2. The fraction of sp³-hybridized carbons (Fsp3) is 0.645. The summed E-state index contributed by atoms with van der Waals surface area (Å²) in [4.78, 5) is 42.3. The molecule has 1 aromatic rings. The molecule has 7 rings (SSSR count). The lowest BCUT2D eigenvalue weighted by molar-refractivity contribution is -0.194. The predicted octanol–water partition coefficient (Wildman–Crippen LogP) is 6.01. The van der Waals surface area contributed by atoms with Crippen molar-refractivity contribution in [2.45, 2.75) is 73.1 Å². The summed E-state index contributed by atoms with van der Waals surface area (Å²) < 4.78 is 0. The van der Waals surface area contributed by atoms with Crippen LogP contribution in [0, 0.1) is 58.7 Å². The summed E-state index contributed by atoms with van der Waals surface area (Å²) in [5.74, 6) is -0.679. The SMILES string of the molecule is Cc1ccc(N2C(=O)[C@@H]3[C@@H]4C[C@H]5[C@@]6(C)CCC[C@@](C)(C(=O)O)[C@@H]6CC[C@]5(C=C4C(C)C)[C@@H]3C2=O)cc1. The number of aryl methyl sites for hydroxylation is 1. The first-order valence-electron chi connectivity index (χ1n) is 13.9. The zero-order valence-electron chi connectivity index (χ0n) is 22.2. The van der Waals surface area contributed by atoms with Crippen molar-refractivity contribution in [2.24, 2.45) is 51.8 Å². The van der Waals surface area contributed by atoms with Crippen LogP contribution in [0.3, 0.4) is 0 Å². The van der Waals surface area contributed by atoms with Crippen LogP contribution >= 0.6 is 0 Å². The molecule has 1 aliphatic heterocycles. The van der Waals surface area contributed by atoms with E-state index in [0.717, 1.165) is 44.1 Å². The Morgan fingerprint density at radius 3 is 2.36 bits per heavy atom. The van der Waals surface area contributed by atoms with Gasteiger partial charge in [0.1, 0.15) is 0 Å². The molecule has 3 saturated carbocycles. The Morgan fingerprint density at radius 1 is 1.03 bits per heavy atom. The van der Waals surface area contributed by atoms with Crippen LogP contribution in [0.25, 0.3) is 0 Å². The highest BCUT2D eigenvalue weighted by atomic mass is 16.4. The molecule has 1 spiro atoms. The van der Waals surface area contributed by atoms with Gasteiger partial charge in [-0.25, -0.2) is 0 Å². The Kier molecular flexibility index (Phi) is 5.02. The minimum Gasteiger partial charge on any atom is -0.481 e. The lowest BCUT2D eigenvalue weighted by Gasteiger charge is -2.68. The van der Waals surface area contributed by atoms with Gasteiger partial charge in [0.05, 0.1) is 22.9 Å². The standard InChI is InChI=1S/C31H39NO4/c1-17(2)21-16-31-14-11-22-29(4,12-6-13-30(22,5)28(35)36)23(31)15-20(21)24-25(31)27(34)32(26(24)33)19-9-7-18(3)8-10-19/h7-10,16-17,20,22-25H,6,11-15H2,1-5H3,(H,35,36)/t20-,22-,23+,24-,25+,29+,30-,31-/m1/s1. The van der Waals surface area contributed by atoms with Crippen LogP contribution in [0.4, 0.5) is 5.69 Å². The lowest BCUT2D eigenvalue weighted by Crippen LogP contribution is -2.65. The lowest BCUT2D eigenvalue weighted by atomic mass is 9.34. The highest BCUT2D eigenvalue weighted by Crippen LogP contribution is 2.74. The molecule has 0 unspecified atom stereocenters. The smallest absolute Gasteiger partial charge is 0.309 e. The van der Waals surface area contributed by atoms with Gasteiger partial charge >= 0.3 is 5.97 Å². The molecule has 8 atom stereocenters. The Bertz CT molecular complexity index is 1180. The Hall–Kier alpha value is -2.43. The van der Waals surface area contributed by atoms with Gasteiger partial charge in [-0.15, -0.1) is 0 Å². The number of rotatable bonds is 3. The maximum absolute atomic E-state index is 14.2. The number of benzene rings is 1. The molecule has 0 radical (unpaired) electrons. The number of imide groups is 1. The number of carboxylic acids is 1. The van der Waals surface area contributed by atoms with Gasteiger partial charge in [0.2, 0.25) is 11.8 Å². The van der Waals surface area contributed by atoms with E-state index in [0.29, 0.717) is 11.6 Å². The van der Waals surface area contributed by atoms with E-state index in [1.54, 1.807) is 0 Å². The van der Waals surface area contributed by atoms with E-state index < -0.39 is 11.4 Å². The van der Waals surface area contributed by atoms with E-state index in [1.807, 2.05) is 38.1 Å². The third-order valence-electron chi connectivity index (χ3n) is 11.5. The number of anilines is 1. The van der Waals surface area contributed by atoms with Gasteiger partial charge in [0.15, 0.2) is 0 Å². The van der Waals surface area contributed by atoms with Crippen molar-refractivity contribution < 1.29 is 19.5 Å². The average Bonchev–Trinajstić information content (AvgIpc) is 3.11. The van der Waals surface area contributed by atoms with Crippen LogP contribution in [0.2, 0.25) is 0 Å². The minimum absolute atomic E-state index is 0.0331. The topological polar surface area (TPSA) is 74.7 Å². The molecular weight excluding hydrogens is 450 g/mol. The molecular formula is C31H39NO4. The number of hydrogen-bond acceptors (Lipinski definition) is 3. The maximum atomic E-state index is 14.2. The van der Waals surface area contributed by atoms with E-state index in [9.17, 15) is 19.5 Å². The molecule has 5 nitrogen and oxygen atoms in total. The zero-order valence-corrected chi connectivity index (χ0v) is 22.2. The first-order valence-corrected chi connectivity index (χ1v) is 13.9. The van der Waals surface area contributed by atoms with Crippen molar-refractivity contribution in [3.8, 4) is 0 Å². The summed E-state index contributed by atoms with van der Waals surface area (Å²) in [5.41, 5.74) is 1.89. The Balaban J connectivity index is 1.49. The van der Waals surface area contributed by atoms with Crippen molar-refractivity contribution in [2.75, 3.05) is 4.90 Å². The van der Waals surface area contributed by atoms with E-state index in [-0.39, 0.29) is 52.2 Å². The number of aliphatic carboxylic acids is 1. The van der Waals surface area contributed by atoms with E-state index in [1.165, 1.54) is 10.5 Å². The zero-order chi connectivity index (χ0) is 25.8. The second-order valence-electron chi connectivity index (χ2n) is 13.3. The highest BCUT2D eigenvalue weighted by Gasteiger charge is 2.73. The van der Waals surface area contributed by atoms with Gasteiger partial charge in [0.25, 0.3) is 0 Å². The number of allylic oxidation sites excluding steroid dienone is 2. The number of nitrogens with zero attached hydrogens (tertiary/aromatic N) is 1. The predicted molar refractivity (Wildman–Crippen MR) is 138 cm³/mol. The summed E-state index contributed by atoms with van der Waals surface area (Å²) in [7, 11) is 0. The average molecular weight is 490 g/mol. The molecule has 1 heterocycles. The van der Waals surface area contributed by atoms with E-state index in [4.69, 9.17) is 0 Å². The second-order valence-corrected chi connectivity index (χ2v) is 13.3. The van der Waals surface area contributed by atoms with Crippen LogP contribution in [-0.2, 0) is 14.4 Å². The number of hydrogen-bond donors (Lipinski definition) is 1. The number of amides is 2. The second kappa shape index (κ2) is 7.55. The summed E-state index contributed by atoms with van der Waals surface area (Å²) in [6.45, 7) is 10.7. The van der Waals surface area contributed by atoms with Crippen LogP contribution in [-0.4, -0.2) is 22.9 Å². The molecule has 4 fully saturated rings. The fourth-order valence-electron chi connectivity index (χ4n) is 9.91. The van der Waals surface area contributed by atoms with Gasteiger partial charge < -0.3 is 5.11 Å². The number of carbonyl (C=O) groups excluding carboxylic acids is 2.